The molecule has 0 amide bonds. The second kappa shape index (κ2) is 10.7. The van der Waals surface area contributed by atoms with Gasteiger partial charge in [-0.25, -0.2) is 9.97 Å². The smallest absolute Gasteiger partial charge is 0.225 e. The van der Waals surface area contributed by atoms with E-state index >= 15 is 0 Å². The Morgan fingerprint density at radius 1 is 0.718 bits per heavy atom. The molecule has 3 aromatic carbocycles. The molecule has 6 rings (SSSR count). The molecule has 0 aliphatic carbocycles. The van der Waals surface area contributed by atoms with E-state index in [2.05, 4.69) is 72.7 Å². The van der Waals surface area contributed by atoms with Crippen LogP contribution in [0.4, 0.5) is 5.95 Å². The quantitative estimate of drug-likeness (QED) is 0.241. The Balaban J connectivity index is 1.44. The van der Waals surface area contributed by atoms with Crippen LogP contribution in [0.5, 0.6) is 0 Å². The van der Waals surface area contributed by atoms with Crippen LogP contribution in [0.2, 0.25) is 0 Å². The van der Waals surface area contributed by atoms with E-state index < -0.39 is 0 Å². The van der Waals surface area contributed by atoms with Crippen LogP contribution in [-0.2, 0) is 0 Å². The maximum Gasteiger partial charge on any atom is 0.225 e. The maximum atomic E-state index is 4.96. The van der Waals surface area contributed by atoms with Crippen molar-refractivity contribution in [3.8, 4) is 39.6 Å². The fourth-order valence-corrected chi connectivity index (χ4v) is 4.72. The van der Waals surface area contributed by atoms with Crippen LogP contribution in [0.3, 0.4) is 0 Å². The monoisotopic (exact) mass is 508 g/mol. The average Bonchev–Trinajstić information content (AvgIpc) is 3.49. The van der Waals surface area contributed by atoms with Gasteiger partial charge in [0.1, 0.15) is 11.6 Å². The Labute approximate surface area is 228 Å². The van der Waals surface area contributed by atoms with Gasteiger partial charge in [-0.1, -0.05) is 72.8 Å². The van der Waals surface area contributed by atoms with Crippen molar-refractivity contribution >= 4 is 5.95 Å². The number of benzene rings is 3. The van der Waals surface area contributed by atoms with Gasteiger partial charge in [0.25, 0.3) is 0 Å². The lowest BCUT2D eigenvalue weighted by Gasteiger charge is -2.17. The zero-order valence-corrected chi connectivity index (χ0v) is 21.9. The van der Waals surface area contributed by atoms with Gasteiger partial charge >= 0.3 is 0 Å². The molecule has 0 unspecified atom stereocenters. The predicted octanol–water partition coefficient (Wildman–Crippen LogP) is 7.54. The molecule has 0 spiro atoms. The van der Waals surface area contributed by atoms with Gasteiger partial charge in [0.05, 0.1) is 11.7 Å². The van der Waals surface area contributed by atoms with E-state index in [4.69, 9.17) is 15.0 Å². The summed E-state index contributed by atoms with van der Waals surface area (Å²) in [6, 6.07) is 33.0. The summed E-state index contributed by atoms with van der Waals surface area (Å²) in [4.78, 5) is 18.8. The molecule has 3 aromatic heterocycles. The summed E-state index contributed by atoms with van der Waals surface area (Å²) < 4.78 is 2.02. The number of aryl methyl sites for hydroxylation is 1. The number of hydrogen-bond acceptors (Lipinski definition) is 5. The van der Waals surface area contributed by atoms with E-state index in [1.54, 1.807) is 0 Å². The van der Waals surface area contributed by atoms with Crippen molar-refractivity contribution in [2.75, 3.05) is 5.32 Å². The Morgan fingerprint density at radius 2 is 1.49 bits per heavy atom. The maximum absolute atomic E-state index is 4.96. The molecule has 3 heterocycles. The van der Waals surface area contributed by atoms with Gasteiger partial charge in [0.15, 0.2) is 0 Å². The van der Waals surface area contributed by atoms with E-state index in [9.17, 15) is 0 Å². The summed E-state index contributed by atoms with van der Waals surface area (Å²) in [6.45, 7) is 4.22. The van der Waals surface area contributed by atoms with E-state index in [0.29, 0.717) is 5.95 Å². The minimum atomic E-state index is 0.0328. The fraction of sp³-hybridized carbons (Fsp3) is 0.0909. The molecular formula is C33H28N6. The van der Waals surface area contributed by atoms with Crippen molar-refractivity contribution in [2.45, 2.75) is 19.9 Å². The van der Waals surface area contributed by atoms with E-state index in [1.807, 2.05) is 77.9 Å². The molecule has 1 atom stereocenters. The predicted molar refractivity (Wildman–Crippen MR) is 156 cm³/mol. The summed E-state index contributed by atoms with van der Waals surface area (Å²) in [5.41, 5.74) is 7.45. The van der Waals surface area contributed by atoms with Gasteiger partial charge < -0.3 is 5.32 Å². The molecule has 6 heteroatoms. The molecule has 6 nitrogen and oxygen atoms in total. The normalized spacial score (nSPS) is 11.7. The molecule has 0 saturated carbocycles. The van der Waals surface area contributed by atoms with Crippen LogP contribution in [-0.4, -0.2) is 24.5 Å². The lowest BCUT2D eigenvalue weighted by Crippen LogP contribution is -2.12. The molecule has 0 aliphatic rings. The van der Waals surface area contributed by atoms with Gasteiger partial charge in [0, 0.05) is 42.0 Å². The number of nitrogens with zero attached hydrogens (tertiary/aromatic N) is 5. The van der Waals surface area contributed by atoms with Crippen molar-refractivity contribution < 1.29 is 0 Å². The topological polar surface area (TPSA) is 68.5 Å². The molecule has 0 aliphatic heterocycles. The molecule has 39 heavy (non-hydrogen) atoms. The summed E-state index contributed by atoms with van der Waals surface area (Å²) in [5.74, 6) is 2.11. The number of rotatable bonds is 7. The number of anilines is 1. The molecular weight excluding hydrogens is 480 g/mol. The third kappa shape index (κ3) is 5.18. The summed E-state index contributed by atoms with van der Waals surface area (Å²) in [6.07, 6.45) is 7.37. The van der Waals surface area contributed by atoms with Gasteiger partial charge in [-0.3, -0.25) is 9.55 Å². The molecule has 0 bridgehead atoms. The SMILES string of the molecule is Cc1ccccc1-c1cc(-n2ccnc2-c2cccc(-c3ccncc3)c2)nc(N[C@@H](C)c2ccccc2)n1. The number of aromatic nitrogens is 5. The second-order valence-corrected chi connectivity index (χ2v) is 9.46. The summed E-state index contributed by atoms with van der Waals surface area (Å²) in [5, 5.41) is 3.52. The molecule has 190 valence electrons. The molecule has 6 aromatic rings. The Bertz CT molecular complexity index is 1710. The fourth-order valence-electron chi connectivity index (χ4n) is 4.72. The zero-order valence-electron chi connectivity index (χ0n) is 21.9. The van der Waals surface area contributed by atoms with Crippen LogP contribution in [0.1, 0.15) is 24.1 Å². The number of imidazole rings is 1. The average molecular weight is 509 g/mol. The lowest BCUT2D eigenvalue weighted by atomic mass is 10.0. The first kappa shape index (κ1) is 24.2. The third-order valence-electron chi connectivity index (χ3n) is 6.80. The van der Waals surface area contributed by atoms with Gasteiger partial charge in [-0.05, 0) is 54.3 Å². The van der Waals surface area contributed by atoms with Crippen molar-refractivity contribution in [1.29, 1.82) is 0 Å². The van der Waals surface area contributed by atoms with Crippen molar-refractivity contribution in [3.05, 3.63) is 133 Å². The minimum Gasteiger partial charge on any atom is -0.348 e. The van der Waals surface area contributed by atoms with E-state index in [0.717, 1.165) is 45.2 Å². The molecule has 0 fully saturated rings. The van der Waals surface area contributed by atoms with Crippen molar-refractivity contribution in [1.82, 2.24) is 24.5 Å². The molecule has 1 N–H and O–H groups in total. The Morgan fingerprint density at radius 3 is 2.31 bits per heavy atom. The second-order valence-electron chi connectivity index (χ2n) is 9.46. The van der Waals surface area contributed by atoms with Gasteiger partial charge in [0.2, 0.25) is 5.95 Å². The third-order valence-corrected chi connectivity index (χ3v) is 6.80. The van der Waals surface area contributed by atoms with Crippen molar-refractivity contribution in [3.63, 3.8) is 0 Å². The first-order valence-corrected chi connectivity index (χ1v) is 13.0. The first-order chi connectivity index (χ1) is 19.2. The highest BCUT2D eigenvalue weighted by atomic mass is 15.2. The van der Waals surface area contributed by atoms with Gasteiger partial charge in [-0.15, -0.1) is 0 Å². The molecule has 0 saturated heterocycles. The zero-order chi connectivity index (χ0) is 26.6. The summed E-state index contributed by atoms with van der Waals surface area (Å²) >= 11 is 0. The first-order valence-electron chi connectivity index (χ1n) is 13.0. The van der Waals surface area contributed by atoms with Gasteiger partial charge in [-0.2, -0.15) is 4.98 Å². The molecule has 0 radical (unpaired) electrons. The lowest BCUT2D eigenvalue weighted by molar-refractivity contribution is 0.854. The van der Waals surface area contributed by atoms with Crippen LogP contribution < -0.4 is 5.32 Å². The number of pyridine rings is 1. The number of hydrogen-bond donors (Lipinski definition) is 1. The van der Waals surface area contributed by atoms with Crippen LogP contribution in [0.25, 0.3) is 39.6 Å². The Hall–Kier alpha value is -5.10. The Kier molecular flexibility index (Phi) is 6.66. The van der Waals surface area contributed by atoms with Crippen LogP contribution >= 0.6 is 0 Å². The van der Waals surface area contributed by atoms with Crippen LogP contribution in [0.15, 0.2) is 122 Å². The largest absolute Gasteiger partial charge is 0.348 e. The minimum absolute atomic E-state index is 0.0328. The standard InChI is InChI=1S/C33H28N6/c1-23-9-6-7-14-29(23)30-22-31(38-33(37-30)36-24(2)25-10-4-3-5-11-25)39-20-19-35-32(39)28-13-8-12-27(21-28)26-15-17-34-18-16-26/h3-22,24H,1-2H3,(H,36,37,38)/t24-/m0/s1. The number of nitrogens with one attached hydrogen (secondary N) is 1. The van der Waals surface area contributed by atoms with E-state index in [1.165, 1.54) is 5.56 Å². The summed E-state index contributed by atoms with van der Waals surface area (Å²) in [7, 11) is 0. The van der Waals surface area contributed by atoms with Crippen LogP contribution in [0, 0.1) is 6.92 Å². The highest BCUT2D eigenvalue weighted by Gasteiger charge is 2.16. The van der Waals surface area contributed by atoms with E-state index in [-0.39, 0.29) is 6.04 Å². The van der Waals surface area contributed by atoms with Crippen molar-refractivity contribution in [2.24, 2.45) is 0 Å². The highest BCUT2D eigenvalue weighted by Crippen LogP contribution is 2.30. The highest BCUT2D eigenvalue weighted by molar-refractivity contribution is 5.71.